The molecule has 1 fully saturated rings. The third kappa shape index (κ3) is 11.3. The van der Waals surface area contributed by atoms with Crippen LogP contribution in [0, 0.1) is 0 Å². The third-order valence-electron chi connectivity index (χ3n) is 9.68. The zero-order chi connectivity index (χ0) is 48.6. The standard InChI is InChI=1S/C43H38ClN9O12S3/c1-21(54)62-29-15-26(16-30(63-22(2)55)36(29)64-23(3)56)37(58)47-32(28-20-67-42(45-28)46-31(57)17-44)38(59)48-33-39(60)53-34(27(18-66-40(33)53)19-68-43-49-50-51-52(43)4)41(61)65-35(24-11-7-5-8-12-24)25-13-9-6-10-14-25/h5-16,20,32-33,35,40H,17-19H2,1-4H3,(H,47,58)(H,48,59)(H,45,46,57)/t32?,33-,40+/m1/s1. The Morgan fingerprint density at radius 2 is 1.51 bits per heavy atom. The maximum atomic E-state index is 14.5. The van der Waals surface area contributed by atoms with E-state index >= 15 is 0 Å². The highest BCUT2D eigenvalue weighted by Gasteiger charge is 2.55. The van der Waals surface area contributed by atoms with Crippen LogP contribution in [0.4, 0.5) is 5.13 Å². The van der Waals surface area contributed by atoms with Crippen molar-refractivity contribution in [2.75, 3.05) is 22.7 Å². The van der Waals surface area contributed by atoms with Gasteiger partial charge in [-0.1, -0.05) is 72.4 Å². The molecule has 4 heterocycles. The highest BCUT2D eigenvalue weighted by molar-refractivity contribution is 8.01. The van der Waals surface area contributed by atoms with Gasteiger partial charge >= 0.3 is 23.9 Å². The van der Waals surface area contributed by atoms with Crippen molar-refractivity contribution in [1.82, 2.24) is 40.7 Å². The van der Waals surface area contributed by atoms with E-state index < -0.39 is 94.2 Å². The van der Waals surface area contributed by atoms with Crippen molar-refractivity contribution in [3.05, 3.63) is 112 Å². The number of carbonyl (C=O) groups excluding carboxylic acids is 8. The number of aryl methyl sites for hydroxylation is 1. The summed E-state index contributed by atoms with van der Waals surface area (Å²) in [6.07, 6.45) is -0.858. The van der Waals surface area contributed by atoms with Gasteiger partial charge in [-0.2, -0.15) is 0 Å². The Morgan fingerprint density at radius 3 is 2.07 bits per heavy atom. The van der Waals surface area contributed by atoms with Gasteiger partial charge in [0.2, 0.25) is 22.7 Å². The number of hydrogen-bond acceptors (Lipinski definition) is 19. The molecule has 3 atom stereocenters. The zero-order valence-electron chi connectivity index (χ0n) is 36.1. The SMILES string of the molecule is CC(=O)Oc1cc(C(=O)NC(C(=O)N[C@@H]2C(=O)N3C(C(=O)OC(c4ccccc4)c4ccccc4)=C(CSc4nnnn4C)CS[C@@H]23)c2csc(NC(=O)CCl)n2)cc(OC(C)=O)c1OC(C)=O. The van der Waals surface area contributed by atoms with Crippen molar-refractivity contribution in [3.8, 4) is 17.2 Å². The first-order valence-electron chi connectivity index (χ1n) is 20.1. The molecule has 4 amide bonds. The van der Waals surface area contributed by atoms with E-state index in [1.165, 1.54) is 38.5 Å². The first kappa shape index (κ1) is 48.8. The normalized spacial score (nSPS) is 15.6. The van der Waals surface area contributed by atoms with Crippen LogP contribution in [0.15, 0.2) is 94.6 Å². The number of alkyl halides is 1. The molecule has 1 unspecified atom stereocenters. The van der Waals surface area contributed by atoms with Gasteiger partial charge < -0.3 is 34.9 Å². The fourth-order valence-corrected chi connectivity index (χ4v) is 9.95. The van der Waals surface area contributed by atoms with Crippen molar-refractivity contribution in [3.63, 3.8) is 0 Å². The van der Waals surface area contributed by atoms with Gasteiger partial charge in [-0.05, 0) is 39.3 Å². The fourth-order valence-electron chi connectivity index (χ4n) is 6.79. The Balaban J connectivity index is 1.19. The number of nitrogens with zero attached hydrogens (tertiary/aromatic N) is 6. The van der Waals surface area contributed by atoms with Gasteiger partial charge in [0.05, 0.1) is 5.69 Å². The highest BCUT2D eigenvalue weighted by atomic mass is 35.5. The molecule has 2 aliphatic heterocycles. The second kappa shape index (κ2) is 21.6. The molecule has 3 N–H and O–H groups in total. The molecule has 0 bridgehead atoms. The molecule has 21 nitrogen and oxygen atoms in total. The van der Waals surface area contributed by atoms with Gasteiger partial charge in [0, 0.05) is 50.3 Å². The summed E-state index contributed by atoms with van der Waals surface area (Å²) in [6, 6.07) is 17.3. The monoisotopic (exact) mass is 1000 g/mol. The molecular weight excluding hydrogens is 966 g/mol. The average molecular weight is 1000 g/mol. The lowest BCUT2D eigenvalue weighted by atomic mass is 10.0. The van der Waals surface area contributed by atoms with Gasteiger partial charge in [-0.15, -0.1) is 39.8 Å². The predicted octanol–water partition coefficient (Wildman–Crippen LogP) is 3.87. The van der Waals surface area contributed by atoms with Gasteiger partial charge in [0.25, 0.3) is 11.8 Å². The van der Waals surface area contributed by atoms with E-state index in [-0.39, 0.29) is 33.6 Å². The van der Waals surface area contributed by atoms with Crippen molar-refractivity contribution >= 4 is 99.1 Å². The molecule has 2 aliphatic rings. The summed E-state index contributed by atoms with van der Waals surface area (Å²) in [7, 11) is 1.66. The van der Waals surface area contributed by atoms with Crippen LogP contribution < -0.4 is 30.2 Å². The number of halogens is 1. The number of esters is 4. The summed E-state index contributed by atoms with van der Waals surface area (Å²) in [5, 5.41) is 20.3. The van der Waals surface area contributed by atoms with Crippen LogP contribution in [0.3, 0.4) is 0 Å². The molecule has 25 heteroatoms. The first-order chi connectivity index (χ1) is 32.6. The Labute approximate surface area is 403 Å². The molecule has 0 aliphatic carbocycles. The van der Waals surface area contributed by atoms with E-state index in [2.05, 4.69) is 36.5 Å². The number of fused-ring (bicyclic) bond motifs is 1. The van der Waals surface area contributed by atoms with E-state index in [1.807, 2.05) is 60.7 Å². The lowest BCUT2D eigenvalue weighted by Gasteiger charge is -2.50. The van der Waals surface area contributed by atoms with Gasteiger partial charge in [0.1, 0.15) is 23.0 Å². The number of nitrogens with one attached hydrogen (secondary N) is 3. The molecule has 7 rings (SSSR count). The number of β-lactam (4-membered cyclic amide) rings is 1. The Hall–Kier alpha value is -7.15. The number of aromatic nitrogens is 5. The van der Waals surface area contributed by atoms with Crippen LogP contribution in [-0.2, 0) is 45.3 Å². The largest absolute Gasteiger partial charge is 0.448 e. The molecule has 0 saturated carbocycles. The predicted molar refractivity (Wildman–Crippen MR) is 244 cm³/mol. The van der Waals surface area contributed by atoms with Crippen LogP contribution in [0.25, 0.3) is 0 Å². The lowest BCUT2D eigenvalue weighted by molar-refractivity contribution is -0.154. The second-order valence-corrected chi connectivity index (χ2v) is 17.7. The molecule has 352 valence electrons. The fraction of sp³-hybridized carbons (Fsp3) is 0.256. The third-order valence-corrected chi connectivity index (χ3v) is 13.1. The minimum atomic E-state index is -1.68. The number of ether oxygens (including phenoxy) is 4. The summed E-state index contributed by atoms with van der Waals surface area (Å²) in [5.74, 6) is -8.09. The Kier molecular flexibility index (Phi) is 15.5. The lowest BCUT2D eigenvalue weighted by Crippen LogP contribution is -2.71. The highest BCUT2D eigenvalue weighted by Crippen LogP contribution is 2.44. The maximum absolute atomic E-state index is 14.5. The number of carbonyl (C=O) groups is 8. The Morgan fingerprint density at radius 1 is 0.897 bits per heavy atom. The quantitative estimate of drug-likeness (QED) is 0.0392. The summed E-state index contributed by atoms with van der Waals surface area (Å²) < 4.78 is 23.3. The molecule has 2 aromatic heterocycles. The van der Waals surface area contributed by atoms with Crippen LogP contribution in [0.1, 0.15) is 60.1 Å². The smallest absolute Gasteiger partial charge is 0.356 e. The first-order valence-corrected chi connectivity index (χ1v) is 23.5. The zero-order valence-corrected chi connectivity index (χ0v) is 39.3. The minimum absolute atomic E-state index is 0.0165. The van der Waals surface area contributed by atoms with Crippen molar-refractivity contribution in [1.29, 1.82) is 0 Å². The summed E-state index contributed by atoms with van der Waals surface area (Å²) in [4.78, 5) is 111. The van der Waals surface area contributed by atoms with Gasteiger partial charge in [0.15, 0.2) is 28.8 Å². The van der Waals surface area contributed by atoms with Gasteiger partial charge in [-0.3, -0.25) is 38.5 Å². The number of thioether (sulfide) groups is 2. The summed E-state index contributed by atoms with van der Waals surface area (Å²) in [6.45, 7) is 3.12. The molecular formula is C43H38ClN9O12S3. The molecule has 5 aromatic rings. The van der Waals surface area contributed by atoms with E-state index in [9.17, 15) is 38.4 Å². The van der Waals surface area contributed by atoms with E-state index in [4.69, 9.17) is 30.5 Å². The van der Waals surface area contributed by atoms with E-state index in [0.717, 1.165) is 44.2 Å². The van der Waals surface area contributed by atoms with Crippen LogP contribution >= 0.6 is 46.5 Å². The van der Waals surface area contributed by atoms with Crippen LogP contribution in [0.5, 0.6) is 17.2 Å². The molecule has 1 saturated heterocycles. The number of rotatable bonds is 17. The molecule has 0 spiro atoms. The number of tetrazole rings is 1. The van der Waals surface area contributed by atoms with Crippen molar-refractivity contribution < 1.29 is 57.3 Å². The van der Waals surface area contributed by atoms with Gasteiger partial charge in [-0.25, -0.2) is 14.5 Å². The van der Waals surface area contributed by atoms with Crippen LogP contribution in [0.2, 0.25) is 0 Å². The number of thiazole rings is 1. The molecule has 68 heavy (non-hydrogen) atoms. The number of anilines is 1. The van der Waals surface area contributed by atoms with E-state index in [1.54, 1.807) is 7.05 Å². The second-order valence-electron chi connectivity index (χ2n) is 14.6. The summed E-state index contributed by atoms with van der Waals surface area (Å²) >= 11 is 9.10. The Bertz CT molecular complexity index is 2750. The number of hydrogen-bond donors (Lipinski definition) is 3. The average Bonchev–Trinajstić information content (AvgIpc) is 3.96. The molecule has 0 radical (unpaired) electrons. The topological polar surface area (TPSA) is 269 Å². The minimum Gasteiger partial charge on any atom is -0.448 e. The number of benzene rings is 3. The molecule has 3 aromatic carbocycles. The van der Waals surface area contributed by atoms with E-state index in [0.29, 0.717) is 21.9 Å². The van der Waals surface area contributed by atoms with Crippen molar-refractivity contribution in [2.45, 2.75) is 49.5 Å². The van der Waals surface area contributed by atoms with Crippen LogP contribution in [-0.4, -0.2) is 106 Å². The number of amides is 4. The van der Waals surface area contributed by atoms with Crippen molar-refractivity contribution in [2.24, 2.45) is 7.05 Å². The summed E-state index contributed by atoms with van der Waals surface area (Å²) in [5.41, 5.74) is 1.46. The maximum Gasteiger partial charge on any atom is 0.356 e.